The van der Waals surface area contributed by atoms with E-state index in [0.29, 0.717) is 9.90 Å². The van der Waals surface area contributed by atoms with E-state index in [1.54, 1.807) is 30.3 Å². The van der Waals surface area contributed by atoms with Gasteiger partial charge in [-0.15, -0.1) is 0 Å². The highest BCUT2D eigenvalue weighted by molar-refractivity contribution is 7.93. The number of benzene rings is 2. The number of carbonyl (C=O) groups is 1. The lowest BCUT2D eigenvalue weighted by Crippen LogP contribution is -2.25. The van der Waals surface area contributed by atoms with Crippen LogP contribution in [0.5, 0.6) is 0 Å². The summed E-state index contributed by atoms with van der Waals surface area (Å²) in [4.78, 5) is 15.9. The number of nitrogens with zero attached hydrogens (tertiary/aromatic N) is 1. The fourth-order valence-electron chi connectivity index (χ4n) is 2.34. The number of thiazole rings is 1. The molecule has 0 spiro atoms. The van der Waals surface area contributed by atoms with Gasteiger partial charge in [-0.05, 0) is 23.8 Å². The van der Waals surface area contributed by atoms with E-state index in [4.69, 9.17) is 34.8 Å². The molecule has 2 N–H and O–H groups in total. The molecule has 0 unspecified atom stereocenters. The van der Waals surface area contributed by atoms with Crippen molar-refractivity contribution in [1.29, 1.82) is 0 Å². The Kier molecular flexibility index (Phi) is 6.47. The van der Waals surface area contributed by atoms with Crippen LogP contribution >= 0.6 is 46.1 Å². The molecule has 0 bridgehead atoms. The lowest BCUT2D eigenvalue weighted by atomic mass is 10.2. The van der Waals surface area contributed by atoms with Crippen LogP contribution in [0.25, 0.3) is 0 Å². The number of rotatable bonds is 6. The second kappa shape index (κ2) is 8.67. The Hall–Kier alpha value is -1.84. The predicted octanol–water partition coefficient (Wildman–Crippen LogP) is 4.83. The molecule has 1 heterocycles. The molecule has 3 aromatic rings. The summed E-state index contributed by atoms with van der Waals surface area (Å²) >= 11 is 18.9. The number of amides is 1. The zero-order valence-electron chi connectivity index (χ0n) is 13.9. The van der Waals surface area contributed by atoms with Gasteiger partial charge in [0.05, 0.1) is 16.2 Å². The average molecular weight is 477 g/mol. The summed E-state index contributed by atoms with van der Waals surface area (Å²) < 4.78 is 28.4. The van der Waals surface area contributed by atoms with Crippen molar-refractivity contribution in [3.05, 3.63) is 74.2 Å². The number of anilines is 1. The summed E-state index contributed by atoms with van der Waals surface area (Å²) in [6.45, 7) is -0.0700. The molecule has 28 heavy (non-hydrogen) atoms. The van der Waals surface area contributed by atoms with Gasteiger partial charge in [-0.3, -0.25) is 9.52 Å². The minimum Gasteiger partial charge on any atom is -0.348 e. The summed E-state index contributed by atoms with van der Waals surface area (Å²) in [7, 11) is -4.12. The van der Waals surface area contributed by atoms with E-state index in [1.807, 2.05) is 0 Å². The van der Waals surface area contributed by atoms with Gasteiger partial charge in [0, 0.05) is 12.1 Å². The zero-order valence-corrected chi connectivity index (χ0v) is 17.8. The highest BCUT2D eigenvalue weighted by Crippen LogP contribution is 2.34. The molecule has 146 valence electrons. The van der Waals surface area contributed by atoms with Crippen LogP contribution in [0.15, 0.2) is 53.6 Å². The fraction of sp³-hybridized carbons (Fsp3) is 0.0588. The fourth-order valence-corrected chi connectivity index (χ4v) is 5.41. The van der Waals surface area contributed by atoms with E-state index >= 15 is 0 Å². The number of hydrogen-bond donors (Lipinski definition) is 2. The molecule has 0 saturated heterocycles. The number of carbonyl (C=O) groups excluding carboxylic acids is 1. The Morgan fingerprint density at radius 1 is 1.07 bits per heavy atom. The molecule has 0 atom stereocenters. The zero-order chi connectivity index (χ0) is 20.3. The number of halogens is 3. The Balaban J connectivity index is 1.90. The summed E-state index contributed by atoms with van der Waals surface area (Å²) in [5.41, 5.74) is 0.719. The molecular formula is C17H12Cl3N3O3S2. The Labute approximate surface area is 180 Å². The van der Waals surface area contributed by atoms with Gasteiger partial charge in [-0.25, -0.2) is 13.4 Å². The lowest BCUT2D eigenvalue weighted by Gasteiger charge is -2.14. The van der Waals surface area contributed by atoms with Crippen LogP contribution in [0.2, 0.25) is 14.4 Å². The van der Waals surface area contributed by atoms with E-state index in [1.165, 1.54) is 18.3 Å². The van der Waals surface area contributed by atoms with Gasteiger partial charge >= 0.3 is 0 Å². The van der Waals surface area contributed by atoms with E-state index in [0.717, 1.165) is 11.3 Å². The van der Waals surface area contributed by atoms with Gasteiger partial charge in [0.1, 0.15) is 9.23 Å². The van der Waals surface area contributed by atoms with Crippen molar-refractivity contribution in [3.8, 4) is 0 Å². The van der Waals surface area contributed by atoms with E-state index < -0.39 is 10.0 Å². The van der Waals surface area contributed by atoms with Gasteiger partial charge in [0.2, 0.25) is 0 Å². The van der Waals surface area contributed by atoms with Crippen molar-refractivity contribution in [2.24, 2.45) is 0 Å². The number of nitrogens with one attached hydrogen (secondary N) is 2. The molecule has 6 nitrogen and oxygen atoms in total. The quantitative estimate of drug-likeness (QED) is 0.533. The first-order chi connectivity index (χ1) is 13.3. The molecule has 11 heteroatoms. The van der Waals surface area contributed by atoms with Crippen LogP contribution < -0.4 is 10.0 Å². The normalized spacial score (nSPS) is 11.2. The highest BCUT2D eigenvalue weighted by atomic mass is 35.5. The number of aromatic nitrogens is 1. The summed E-state index contributed by atoms with van der Waals surface area (Å²) in [5.74, 6) is -0.352. The van der Waals surface area contributed by atoms with Crippen molar-refractivity contribution in [3.63, 3.8) is 0 Å². The van der Waals surface area contributed by atoms with Crippen molar-refractivity contribution in [1.82, 2.24) is 10.3 Å². The maximum atomic E-state index is 12.9. The van der Waals surface area contributed by atoms with Gasteiger partial charge < -0.3 is 5.32 Å². The highest BCUT2D eigenvalue weighted by Gasteiger charge is 2.25. The van der Waals surface area contributed by atoms with Crippen LogP contribution in [0, 0.1) is 0 Å². The molecule has 0 radical (unpaired) electrons. The molecule has 2 aromatic carbocycles. The minimum absolute atomic E-state index is 0.0670. The molecule has 1 aromatic heterocycles. The van der Waals surface area contributed by atoms with Crippen LogP contribution in [-0.2, 0) is 16.6 Å². The molecule has 0 aliphatic carbocycles. The predicted molar refractivity (Wildman–Crippen MR) is 112 cm³/mol. The van der Waals surface area contributed by atoms with E-state index in [-0.39, 0.29) is 38.1 Å². The Morgan fingerprint density at radius 2 is 1.79 bits per heavy atom. The van der Waals surface area contributed by atoms with Crippen molar-refractivity contribution < 1.29 is 13.2 Å². The van der Waals surface area contributed by atoms with Crippen molar-refractivity contribution in [2.45, 2.75) is 11.4 Å². The number of sulfonamides is 1. The van der Waals surface area contributed by atoms with E-state index in [9.17, 15) is 13.2 Å². The molecular weight excluding hydrogens is 465 g/mol. The van der Waals surface area contributed by atoms with Gasteiger partial charge in [-0.2, -0.15) is 0 Å². The van der Waals surface area contributed by atoms with Crippen LogP contribution in [0.3, 0.4) is 0 Å². The lowest BCUT2D eigenvalue weighted by molar-refractivity contribution is 0.0950. The van der Waals surface area contributed by atoms with Crippen LogP contribution in [0.4, 0.5) is 5.13 Å². The third-order valence-corrected chi connectivity index (χ3v) is 7.12. The van der Waals surface area contributed by atoms with Gasteiger partial charge in [-0.1, -0.05) is 70.4 Å². The standard InChI is InChI=1S/C17H12Cl3N3O3S2/c18-12-7-6-11(8-21-16(24)10-4-2-1-3-5-10)15(14(12)20)28(25,26)23-17-22-9-13(19)27-17/h1-7,9H,8H2,(H,21,24)(H,22,23). The number of hydrogen-bond acceptors (Lipinski definition) is 5. The van der Waals surface area contributed by atoms with E-state index in [2.05, 4.69) is 15.0 Å². The third kappa shape index (κ3) is 4.76. The van der Waals surface area contributed by atoms with Crippen molar-refractivity contribution >= 4 is 67.2 Å². The van der Waals surface area contributed by atoms with Gasteiger partial charge in [0.15, 0.2) is 5.13 Å². The summed E-state index contributed by atoms with van der Waals surface area (Å²) in [6.07, 6.45) is 1.32. The Bertz CT molecular complexity index is 1120. The molecule has 3 rings (SSSR count). The van der Waals surface area contributed by atoms with Crippen LogP contribution in [-0.4, -0.2) is 19.3 Å². The smallest absolute Gasteiger partial charge is 0.265 e. The molecule has 1 amide bonds. The Morgan fingerprint density at radius 3 is 2.43 bits per heavy atom. The molecule has 0 saturated carbocycles. The summed E-state index contributed by atoms with van der Waals surface area (Å²) in [5, 5.41) is 2.68. The average Bonchev–Trinajstić information content (AvgIpc) is 3.06. The second-order valence-electron chi connectivity index (χ2n) is 5.47. The molecule has 0 aliphatic heterocycles. The molecule has 0 fully saturated rings. The summed E-state index contributed by atoms with van der Waals surface area (Å²) in [6, 6.07) is 11.5. The SMILES string of the molecule is O=C(NCc1ccc(Cl)c(Cl)c1S(=O)(=O)Nc1ncc(Cl)s1)c1ccccc1. The van der Waals surface area contributed by atoms with Gasteiger partial charge in [0.25, 0.3) is 15.9 Å². The topological polar surface area (TPSA) is 88.2 Å². The molecule has 0 aliphatic rings. The first-order valence-corrected chi connectivity index (χ1v) is 11.2. The largest absolute Gasteiger partial charge is 0.348 e. The first-order valence-electron chi connectivity index (χ1n) is 7.72. The maximum Gasteiger partial charge on any atom is 0.265 e. The van der Waals surface area contributed by atoms with Crippen molar-refractivity contribution in [2.75, 3.05) is 4.72 Å². The first kappa shape index (κ1) is 20.9. The minimum atomic E-state index is -4.12. The monoisotopic (exact) mass is 475 g/mol. The third-order valence-electron chi connectivity index (χ3n) is 3.57. The van der Waals surface area contributed by atoms with Crippen LogP contribution in [0.1, 0.15) is 15.9 Å². The maximum absolute atomic E-state index is 12.9. The second-order valence-corrected chi connectivity index (χ2v) is 9.54.